The Balaban J connectivity index is 1.42. The van der Waals surface area contributed by atoms with Gasteiger partial charge in [-0.3, -0.25) is 0 Å². The molecule has 4 nitrogen and oxygen atoms in total. The molecule has 0 radical (unpaired) electrons. The molecule has 2 aromatic heterocycles. The topological polar surface area (TPSA) is 18.6 Å². The highest BCUT2D eigenvalue weighted by Gasteiger charge is 2.26. The second-order valence-corrected chi connectivity index (χ2v) is 13.4. The number of benzene rings is 8. The number of fused-ring (bicyclic) bond motifs is 7. The lowest BCUT2D eigenvalue weighted by Gasteiger charge is -2.19. The summed E-state index contributed by atoms with van der Waals surface area (Å²) in [6.07, 6.45) is 0. The van der Waals surface area contributed by atoms with E-state index in [1.54, 1.807) is 0 Å². The van der Waals surface area contributed by atoms with Crippen LogP contribution in [-0.2, 0) is 0 Å². The minimum absolute atomic E-state index is 0.466. The predicted octanol–water partition coefficient (Wildman–Crippen LogP) is 14.0. The van der Waals surface area contributed by atoms with Crippen molar-refractivity contribution in [2.75, 3.05) is 0 Å². The summed E-state index contributed by atoms with van der Waals surface area (Å²) in [5, 5.41) is 4.60. The molecule has 4 heteroatoms. The van der Waals surface area contributed by atoms with Crippen LogP contribution in [0.1, 0.15) is 0 Å². The van der Waals surface area contributed by atoms with Gasteiger partial charge < -0.3 is 9.13 Å². The Labute approximate surface area is 312 Å². The fourth-order valence-corrected chi connectivity index (χ4v) is 8.33. The first-order valence-corrected chi connectivity index (χ1v) is 17.9. The molecule has 0 spiro atoms. The van der Waals surface area contributed by atoms with Gasteiger partial charge in [0.2, 0.25) is 0 Å². The van der Waals surface area contributed by atoms with Gasteiger partial charge in [0.1, 0.15) is 0 Å². The standard InChI is InChI=1S/C50H30N4/c1-51-47-41(33-18-7-3-8-19-33)32-42(48(52-2)45(47)34-20-9-4-10-21-34)38-27-17-28-40-46-44(54(49(38)40)36-24-13-6-14-25-36)31-30-39-37-26-15-16-29-43(37)53(50(39)46)35-22-11-5-12-23-35/h3-32H. The Kier molecular flexibility index (Phi) is 7.22. The molecule has 0 amide bonds. The van der Waals surface area contributed by atoms with E-state index in [4.69, 9.17) is 13.1 Å². The normalized spacial score (nSPS) is 11.3. The molecule has 0 atom stereocenters. The molecule has 2 heterocycles. The van der Waals surface area contributed by atoms with Crippen LogP contribution >= 0.6 is 0 Å². The maximum Gasteiger partial charge on any atom is 0.192 e. The first-order chi connectivity index (χ1) is 26.8. The van der Waals surface area contributed by atoms with Gasteiger partial charge in [-0.15, -0.1) is 0 Å². The Morgan fingerprint density at radius 2 is 0.907 bits per heavy atom. The minimum Gasteiger partial charge on any atom is -0.309 e. The van der Waals surface area contributed by atoms with Gasteiger partial charge in [-0.1, -0.05) is 146 Å². The summed E-state index contributed by atoms with van der Waals surface area (Å²) in [6, 6.07) is 62.7. The third-order valence-electron chi connectivity index (χ3n) is 10.5. The molecule has 0 aliphatic rings. The van der Waals surface area contributed by atoms with E-state index in [0.717, 1.165) is 72.0 Å². The number of para-hydroxylation sites is 4. The highest BCUT2D eigenvalue weighted by molar-refractivity contribution is 6.28. The number of rotatable bonds is 5. The van der Waals surface area contributed by atoms with Gasteiger partial charge in [0.15, 0.2) is 11.4 Å². The van der Waals surface area contributed by atoms with Gasteiger partial charge in [0.25, 0.3) is 0 Å². The van der Waals surface area contributed by atoms with Crippen molar-refractivity contribution in [2.24, 2.45) is 0 Å². The van der Waals surface area contributed by atoms with Gasteiger partial charge >= 0.3 is 0 Å². The first-order valence-electron chi connectivity index (χ1n) is 17.9. The average Bonchev–Trinajstić information content (AvgIpc) is 3.77. The molecule has 0 fully saturated rings. The summed E-state index contributed by atoms with van der Waals surface area (Å²) in [7, 11) is 0. The zero-order valence-electron chi connectivity index (χ0n) is 29.1. The molecular weight excluding hydrogens is 657 g/mol. The van der Waals surface area contributed by atoms with Crippen LogP contribution in [0.4, 0.5) is 11.4 Å². The molecule has 0 unspecified atom stereocenters. The summed E-state index contributed by atoms with van der Waals surface area (Å²) in [5.41, 5.74) is 12.4. The lowest BCUT2D eigenvalue weighted by Crippen LogP contribution is -1.96. The molecular formula is C50H30N4. The molecule has 10 rings (SSSR count). The lowest BCUT2D eigenvalue weighted by molar-refractivity contribution is 1.17. The Morgan fingerprint density at radius 3 is 1.56 bits per heavy atom. The van der Waals surface area contributed by atoms with Crippen LogP contribution in [0.25, 0.3) is 98.1 Å². The van der Waals surface area contributed by atoms with E-state index in [2.05, 4.69) is 134 Å². The summed E-state index contributed by atoms with van der Waals surface area (Å²) < 4.78 is 4.75. The zero-order chi connectivity index (χ0) is 36.2. The summed E-state index contributed by atoms with van der Waals surface area (Å²) in [6.45, 7) is 17.2. The molecule has 8 aromatic carbocycles. The van der Waals surface area contributed by atoms with E-state index >= 15 is 0 Å². The van der Waals surface area contributed by atoms with Crippen LogP contribution in [0.3, 0.4) is 0 Å². The molecule has 0 N–H and O–H groups in total. The molecule has 0 aliphatic heterocycles. The van der Waals surface area contributed by atoms with E-state index in [1.807, 2.05) is 66.7 Å². The Hall–Kier alpha value is -7.66. The Morgan fingerprint density at radius 1 is 0.370 bits per heavy atom. The third-order valence-corrected chi connectivity index (χ3v) is 10.5. The second-order valence-electron chi connectivity index (χ2n) is 13.4. The number of nitrogens with zero attached hydrogens (tertiary/aromatic N) is 4. The number of hydrogen-bond acceptors (Lipinski definition) is 0. The van der Waals surface area contributed by atoms with E-state index in [0.29, 0.717) is 16.9 Å². The highest BCUT2D eigenvalue weighted by Crippen LogP contribution is 2.52. The largest absolute Gasteiger partial charge is 0.309 e. The van der Waals surface area contributed by atoms with Crippen LogP contribution in [0.15, 0.2) is 182 Å². The van der Waals surface area contributed by atoms with E-state index in [-0.39, 0.29) is 0 Å². The van der Waals surface area contributed by atoms with Crippen LogP contribution in [-0.4, -0.2) is 9.13 Å². The van der Waals surface area contributed by atoms with E-state index in [1.165, 1.54) is 10.8 Å². The maximum atomic E-state index is 8.71. The minimum atomic E-state index is 0.466. The van der Waals surface area contributed by atoms with Crippen LogP contribution in [0, 0.1) is 13.1 Å². The van der Waals surface area contributed by atoms with Crippen LogP contribution in [0.2, 0.25) is 0 Å². The van der Waals surface area contributed by atoms with Crippen molar-refractivity contribution in [2.45, 2.75) is 0 Å². The molecule has 250 valence electrons. The maximum absolute atomic E-state index is 8.71. The summed E-state index contributed by atoms with van der Waals surface area (Å²) >= 11 is 0. The van der Waals surface area contributed by atoms with Gasteiger partial charge in [-0.25, -0.2) is 9.69 Å². The van der Waals surface area contributed by atoms with Crippen LogP contribution < -0.4 is 0 Å². The van der Waals surface area contributed by atoms with Gasteiger partial charge in [-0.05, 0) is 69.8 Å². The van der Waals surface area contributed by atoms with Crippen molar-refractivity contribution >= 4 is 55.0 Å². The monoisotopic (exact) mass is 686 g/mol. The number of hydrogen-bond donors (Lipinski definition) is 0. The molecule has 0 saturated heterocycles. The fourth-order valence-electron chi connectivity index (χ4n) is 8.33. The SMILES string of the molecule is [C-]#[N+]c1c(-c2ccccc2)cc(-c2cccc3c4c(ccc5c6ccccc6n(-c6ccccc6)c54)n(-c4ccccc4)c23)c([N+]#[C-])c1-c1ccccc1. The molecule has 0 saturated carbocycles. The Bertz CT molecular complexity index is 3140. The molecule has 54 heavy (non-hydrogen) atoms. The lowest BCUT2D eigenvalue weighted by atomic mass is 9.88. The smallest absolute Gasteiger partial charge is 0.192 e. The van der Waals surface area contributed by atoms with Gasteiger partial charge in [0.05, 0.1) is 35.2 Å². The van der Waals surface area contributed by atoms with Crippen molar-refractivity contribution in [3.8, 4) is 44.8 Å². The summed E-state index contributed by atoms with van der Waals surface area (Å²) in [4.78, 5) is 8.38. The van der Waals surface area contributed by atoms with Crippen molar-refractivity contribution in [1.82, 2.24) is 9.13 Å². The molecule has 10 aromatic rings. The van der Waals surface area contributed by atoms with E-state index < -0.39 is 0 Å². The van der Waals surface area contributed by atoms with Crippen molar-refractivity contribution in [3.63, 3.8) is 0 Å². The predicted molar refractivity (Wildman–Crippen MR) is 224 cm³/mol. The van der Waals surface area contributed by atoms with Crippen LogP contribution in [0.5, 0.6) is 0 Å². The summed E-state index contributed by atoms with van der Waals surface area (Å²) in [5.74, 6) is 0. The molecule has 0 aliphatic carbocycles. The fraction of sp³-hybridized carbons (Fsp3) is 0. The first kappa shape index (κ1) is 31.1. The highest BCUT2D eigenvalue weighted by atomic mass is 15.0. The van der Waals surface area contributed by atoms with Crippen molar-refractivity contribution in [3.05, 3.63) is 205 Å². The third kappa shape index (κ3) is 4.61. The van der Waals surface area contributed by atoms with Crippen molar-refractivity contribution in [1.29, 1.82) is 0 Å². The average molecular weight is 687 g/mol. The van der Waals surface area contributed by atoms with Gasteiger partial charge in [0, 0.05) is 32.9 Å². The second kappa shape index (κ2) is 12.5. The van der Waals surface area contributed by atoms with E-state index in [9.17, 15) is 0 Å². The van der Waals surface area contributed by atoms with Gasteiger partial charge in [-0.2, -0.15) is 0 Å². The molecule has 0 bridgehead atoms. The zero-order valence-corrected chi connectivity index (χ0v) is 29.1. The van der Waals surface area contributed by atoms with Crippen molar-refractivity contribution < 1.29 is 0 Å². The number of aromatic nitrogens is 2. The quantitative estimate of drug-likeness (QED) is 0.161.